The summed E-state index contributed by atoms with van der Waals surface area (Å²) in [5, 5.41) is 20.5. The lowest BCUT2D eigenvalue weighted by Gasteiger charge is -2.34. The van der Waals surface area contributed by atoms with Crippen LogP contribution in [-0.2, 0) is 24.5 Å². The van der Waals surface area contributed by atoms with Crippen LogP contribution in [0.1, 0.15) is 36.1 Å². The predicted octanol–water partition coefficient (Wildman–Crippen LogP) is 5.77. The third kappa shape index (κ3) is 7.14. The third-order valence-corrected chi connectivity index (χ3v) is 7.92. The minimum Gasteiger partial charge on any atom is -0.491 e. The number of esters is 2. The summed E-state index contributed by atoms with van der Waals surface area (Å²) >= 11 is 0. The van der Waals surface area contributed by atoms with Crippen molar-refractivity contribution in [1.82, 2.24) is 0 Å². The van der Waals surface area contributed by atoms with Gasteiger partial charge in [-0.2, -0.15) is 0 Å². The normalized spacial score (nSPS) is 13.8. The van der Waals surface area contributed by atoms with E-state index in [2.05, 4.69) is 37.4 Å². The molecule has 0 heterocycles. The van der Waals surface area contributed by atoms with Crippen molar-refractivity contribution in [1.29, 1.82) is 0 Å². The Morgan fingerprint density at radius 3 is 1.32 bits per heavy atom. The number of benzene rings is 4. The molecule has 8 nitrogen and oxygen atoms in total. The number of rotatable bonds is 14. The molecule has 1 aliphatic rings. The van der Waals surface area contributed by atoms with Crippen molar-refractivity contribution in [2.45, 2.75) is 31.5 Å². The Labute approximate surface area is 274 Å². The first-order chi connectivity index (χ1) is 22.6. The molecule has 0 aliphatic heterocycles. The largest absolute Gasteiger partial charge is 0.491 e. The molecule has 0 radical (unpaired) electrons. The Balaban J connectivity index is 1.41. The summed E-state index contributed by atoms with van der Waals surface area (Å²) in [6, 6.07) is 32.3. The summed E-state index contributed by atoms with van der Waals surface area (Å²) in [7, 11) is 0. The van der Waals surface area contributed by atoms with Crippen molar-refractivity contribution in [3.8, 4) is 22.6 Å². The van der Waals surface area contributed by atoms with E-state index in [0.717, 1.165) is 33.4 Å². The van der Waals surface area contributed by atoms with E-state index in [-0.39, 0.29) is 37.6 Å². The molecule has 5 rings (SSSR count). The predicted molar refractivity (Wildman–Crippen MR) is 178 cm³/mol. The highest BCUT2D eigenvalue weighted by atomic mass is 16.6. The van der Waals surface area contributed by atoms with Crippen molar-refractivity contribution in [3.05, 3.63) is 144 Å². The van der Waals surface area contributed by atoms with Crippen LogP contribution in [-0.4, -0.2) is 60.8 Å². The lowest BCUT2D eigenvalue weighted by molar-refractivity contribution is -0.143. The van der Waals surface area contributed by atoms with Gasteiger partial charge >= 0.3 is 11.9 Å². The second-order valence-corrected chi connectivity index (χ2v) is 11.6. The second-order valence-electron chi connectivity index (χ2n) is 11.6. The van der Waals surface area contributed by atoms with Gasteiger partial charge in [-0.3, -0.25) is 0 Å². The molecule has 4 aromatic carbocycles. The zero-order valence-corrected chi connectivity index (χ0v) is 26.5. The number of fused-ring (bicyclic) bond motifs is 3. The van der Waals surface area contributed by atoms with Crippen molar-refractivity contribution in [2.24, 2.45) is 0 Å². The number of aliphatic hydroxyl groups is 2. The van der Waals surface area contributed by atoms with Crippen LogP contribution in [0.15, 0.2) is 121 Å². The Morgan fingerprint density at radius 2 is 0.957 bits per heavy atom. The number of hydrogen-bond donors (Lipinski definition) is 2. The van der Waals surface area contributed by atoms with Gasteiger partial charge in [0.25, 0.3) is 0 Å². The highest BCUT2D eigenvalue weighted by molar-refractivity contribution is 5.87. The van der Waals surface area contributed by atoms with Gasteiger partial charge in [0, 0.05) is 11.1 Å². The van der Waals surface area contributed by atoms with Gasteiger partial charge in [-0.25, -0.2) is 9.59 Å². The average molecular weight is 635 g/mol. The summed E-state index contributed by atoms with van der Waals surface area (Å²) in [6.07, 6.45) is -1.99. The summed E-state index contributed by atoms with van der Waals surface area (Å²) < 4.78 is 21.7. The fourth-order valence-corrected chi connectivity index (χ4v) is 5.70. The molecule has 47 heavy (non-hydrogen) atoms. The number of carbonyl (C=O) groups is 2. The van der Waals surface area contributed by atoms with E-state index >= 15 is 0 Å². The summed E-state index contributed by atoms with van der Waals surface area (Å²) in [5.74, 6) is -0.000739. The SMILES string of the molecule is C=C(C)C(=O)OCC(O)COc1ccc(C2(c3ccc(OCC(O)COC(=O)C(=C)C)cc3)c3ccccc3-c3ccccc32)cc1. The van der Waals surface area contributed by atoms with Gasteiger partial charge in [0.2, 0.25) is 0 Å². The van der Waals surface area contributed by atoms with Gasteiger partial charge in [0.15, 0.2) is 0 Å². The molecule has 0 spiro atoms. The minimum absolute atomic E-state index is 0.0495. The van der Waals surface area contributed by atoms with Gasteiger partial charge in [-0.05, 0) is 71.5 Å². The minimum atomic E-state index is -0.994. The summed E-state index contributed by atoms with van der Waals surface area (Å²) in [4.78, 5) is 23.3. The lowest BCUT2D eigenvalue weighted by Crippen LogP contribution is -2.28. The van der Waals surface area contributed by atoms with Crippen molar-refractivity contribution >= 4 is 11.9 Å². The highest BCUT2D eigenvalue weighted by Crippen LogP contribution is 2.56. The van der Waals surface area contributed by atoms with Crippen LogP contribution in [0.3, 0.4) is 0 Å². The van der Waals surface area contributed by atoms with Crippen LogP contribution < -0.4 is 9.47 Å². The maximum Gasteiger partial charge on any atom is 0.333 e. The van der Waals surface area contributed by atoms with E-state index in [1.807, 2.05) is 72.8 Å². The van der Waals surface area contributed by atoms with E-state index in [0.29, 0.717) is 11.5 Å². The molecule has 2 atom stereocenters. The number of carbonyl (C=O) groups excluding carboxylic acids is 2. The summed E-state index contributed by atoms with van der Waals surface area (Å²) in [5.41, 5.74) is 6.45. The fraction of sp³-hybridized carbons (Fsp3) is 0.231. The van der Waals surface area contributed by atoms with Gasteiger partial charge in [0.05, 0.1) is 5.41 Å². The molecule has 0 fully saturated rings. The van der Waals surface area contributed by atoms with Crippen LogP contribution in [0.5, 0.6) is 11.5 Å². The first kappa shape index (κ1) is 33.2. The maximum atomic E-state index is 11.6. The van der Waals surface area contributed by atoms with E-state index in [1.165, 1.54) is 0 Å². The number of aliphatic hydroxyl groups excluding tert-OH is 2. The molecule has 0 bridgehead atoms. The van der Waals surface area contributed by atoms with E-state index in [4.69, 9.17) is 18.9 Å². The van der Waals surface area contributed by atoms with Crippen molar-refractivity contribution in [3.63, 3.8) is 0 Å². The van der Waals surface area contributed by atoms with Gasteiger partial charge in [0.1, 0.15) is 50.1 Å². The molecule has 0 saturated heterocycles. The molecular formula is C39H38O8. The Morgan fingerprint density at radius 1 is 0.596 bits per heavy atom. The molecule has 2 N–H and O–H groups in total. The number of ether oxygens (including phenoxy) is 4. The highest BCUT2D eigenvalue weighted by Gasteiger charge is 2.45. The fourth-order valence-electron chi connectivity index (χ4n) is 5.70. The molecule has 242 valence electrons. The second kappa shape index (κ2) is 14.5. The van der Waals surface area contributed by atoms with Crippen molar-refractivity contribution in [2.75, 3.05) is 26.4 Å². The van der Waals surface area contributed by atoms with E-state index < -0.39 is 29.6 Å². The molecule has 0 aromatic heterocycles. The molecule has 0 saturated carbocycles. The Kier molecular flexibility index (Phi) is 10.2. The van der Waals surface area contributed by atoms with Crippen LogP contribution in [0, 0.1) is 0 Å². The van der Waals surface area contributed by atoms with E-state index in [9.17, 15) is 19.8 Å². The lowest BCUT2D eigenvalue weighted by atomic mass is 9.68. The van der Waals surface area contributed by atoms with Gasteiger partial charge in [-0.1, -0.05) is 86.0 Å². The van der Waals surface area contributed by atoms with Gasteiger partial charge < -0.3 is 29.2 Å². The maximum absolute atomic E-state index is 11.6. The molecule has 4 aromatic rings. The molecule has 0 amide bonds. The average Bonchev–Trinajstić information content (AvgIpc) is 3.39. The van der Waals surface area contributed by atoms with Crippen LogP contribution >= 0.6 is 0 Å². The standard InChI is InChI=1S/C39H38O8/c1-25(2)37(42)46-23-29(40)21-44-31-17-13-27(14-18-31)39(35-11-7-5-9-33(35)34-10-6-8-12-36(34)39)28-15-19-32(20-16-28)45-22-30(41)24-47-38(43)26(3)4/h5-20,29-30,40-41H,1,3,21-24H2,2,4H3. The molecule has 1 aliphatic carbocycles. The first-order valence-electron chi connectivity index (χ1n) is 15.3. The smallest absolute Gasteiger partial charge is 0.333 e. The van der Waals surface area contributed by atoms with Crippen LogP contribution in [0.4, 0.5) is 0 Å². The van der Waals surface area contributed by atoms with Crippen LogP contribution in [0.25, 0.3) is 11.1 Å². The molecular weight excluding hydrogens is 596 g/mol. The van der Waals surface area contributed by atoms with Crippen molar-refractivity contribution < 1.29 is 38.7 Å². The molecule has 2 unspecified atom stereocenters. The van der Waals surface area contributed by atoms with Crippen LogP contribution in [0.2, 0.25) is 0 Å². The topological polar surface area (TPSA) is 112 Å². The first-order valence-corrected chi connectivity index (χ1v) is 15.3. The van der Waals surface area contributed by atoms with E-state index in [1.54, 1.807) is 13.8 Å². The molecule has 8 heteroatoms. The number of hydrogen-bond acceptors (Lipinski definition) is 8. The Bertz CT molecular complexity index is 1630. The zero-order chi connectivity index (χ0) is 33.6. The third-order valence-electron chi connectivity index (χ3n) is 7.92. The quantitative estimate of drug-likeness (QED) is 0.117. The van der Waals surface area contributed by atoms with Gasteiger partial charge in [-0.15, -0.1) is 0 Å². The zero-order valence-electron chi connectivity index (χ0n) is 26.5. The monoisotopic (exact) mass is 634 g/mol. The Hall–Kier alpha value is -5.18. The summed E-state index contributed by atoms with van der Waals surface area (Å²) in [6.45, 7) is 9.68.